The van der Waals surface area contributed by atoms with Crippen molar-refractivity contribution < 1.29 is 0 Å². The molecule has 0 bridgehead atoms. The molecule has 1 saturated carbocycles. The predicted octanol–water partition coefficient (Wildman–Crippen LogP) is 3.96. The minimum absolute atomic E-state index is 1.10. The van der Waals surface area contributed by atoms with E-state index >= 15 is 0 Å². The normalized spacial score (nSPS) is 19.4. The molecule has 0 unspecified atom stereocenters. The summed E-state index contributed by atoms with van der Waals surface area (Å²) in [7, 11) is 0. The van der Waals surface area contributed by atoms with E-state index in [0.717, 1.165) is 5.92 Å². The van der Waals surface area contributed by atoms with Crippen LogP contribution >= 0.6 is 0 Å². The second-order valence-electron chi connectivity index (χ2n) is 3.84. The SMILES string of the molecule is C[CH]CCCCC1CCCC1. The topological polar surface area (TPSA) is 0 Å². The van der Waals surface area contributed by atoms with Crippen molar-refractivity contribution in [2.24, 2.45) is 5.92 Å². The van der Waals surface area contributed by atoms with Crippen molar-refractivity contribution in [3.8, 4) is 0 Å². The zero-order valence-electron chi connectivity index (χ0n) is 7.81. The second kappa shape index (κ2) is 5.62. The molecule has 0 saturated heterocycles. The molecule has 1 rings (SSSR count). The van der Waals surface area contributed by atoms with Crippen molar-refractivity contribution in [3.05, 3.63) is 6.42 Å². The van der Waals surface area contributed by atoms with E-state index < -0.39 is 0 Å². The Morgan fingerprint density at radius 3 is 2.55 bits per heavy atom. The van der Waals surface area contributed by atoms with Gasteiger partial charge in [-0.3, -0.25) is 0 Å². The maximum atomic E-state index is 2.29. The summed E-state index contributed by atoms with van der Waals surface area (Å²) in [5.74, 6) is 1.10. The summed E-state index contributed by atoms with van der Waals surface area (Å²) < 4.78 is 0. The molecule has 0 aromatic rings. The molecule has 65 valence electrons. The number of unbranched alkanes of at least 4 members (excludes halogenated alkanes) is 3. The highest BCUT2D eigenvalue weighted by Gasteiger charge is 2.13. The fourth-order valence-corrected chi connectivity index (χ4v) is 2.08. The fourth-order valence-electron chi connectivity index (χ4n) is 2.08. The maximum absolute atomic E-state index is 2.29. The van der Waals surface area contributed by atoms with Gasteiger partial charge in [-0.25, -0.2) is 0 Å². The lowest BCUT2D eigenvalue weighted by Gasteiger charge is -2.06. The van der Waals surface area contributed by atoms with Crippen LogP contribution in [0.5, 0.6) is 0 Å². The molecule has 0 aromatic heterocycles. The van der Waals surface area contributed by atoms with Crippen molar-refractivity contribution in [1.82, 2.24) is 0 Å². The van der Waals surface area contributed by atoms with Gasteiger partial charge in [0, 0.05) is 0 Å². The van der Waals surface area contributed by atoms with Gasteiger partial charge in [-0.15, -0.1) is 0 Å². The minimum Gasteiger partial charge on any atom is -0.0623 e. The smallest absolute Gasteiger partial charge is 0.0414 e. The van der Waals surface area contributed by atoms with E-state index in [1.54, 1.807) is 0 Å². The van der Waals surface area contributed by atoms with Crippen LogP contribution < -0.4 is 0 Å². The standard InChI is InChI=1S/C11H21/c1-2-3-4-5-8-11-9-6-7-10-11/h2,11H,3-10H2,1H3. The van der Waals surface area contributed by atoms with Crippen molar-refractivity contribution in [2.75, 3.05) is 0 Å². The van der Waals surface area contributed by atoms with Crippen molar-refractivity contribution in [3.63, 3.8) is 0 Å². The highest BCUT2D eigenvalue weighted by Crippen LogP contribution is 2.29. The van der Waals surface area contributed by atoms with Crippen molar-refractivity contribution in [1.29, 1.82) is 0 Å². The summed E-state index contributed by atoms with van der Waals surface area (Å²) in [6.45, 7) is 2.16. The first-order chi connectivity index (χ1) is 5.43. The molecule has 0 heteroatoms. The third-order valence-electron chi connectivity index (χ3n) is 2.83. The Hall–Kier alpha value is 0. The Kier molecular flexibility index (Phi) is 4.65. The van der Waals surface area contributed by atoms with Crippen LogP contribution in [-0.2, 0) is 0 Å². The summed E-state index contributed by atoms with van der Waals surface area (Å²) in [5, 5.41) is 0. The molecule has 0 aliphatic heterocycles. The van der Waals surface area contributed by atoms with Crippen LogP contribution in [0.15, 0.2) is 0 Å². The Bertz CT molecular complexity index is 80.0. The summed E-state index contributed by atoms with van der Waals surface area (Å²) in [6.07, 6.45) is 14.1. The maximum Gasteiger partial charge on any atom is -0.0414 e. The number of hydrogen-bond donors (Lipinski definition) is 0. The quantitative estimate of drug-likeness (QED) is 0.524. The Balaban J connectivity index is 1.86. The van der Waals surface area contributed by atoms with Gasteiger partial charge in [0.25, 0.3) is 0 Å². The van der Waals surface area contributed by atoms with Gasteiger partial charge in [-0.1, -0.05) is 58.3 Å². The Morgan fingerprint density at radius 1 is 1.18 bits per heavy atom. The molecule has 0 nitrogen and oxygen atoms in total. The Labute approximate surface area is 71.4 Å². The fraction of sp³-hybridized carbons (Fsp3) is 0.909. The van der Waals surface area contributed by atoms with Crippen LogP contribution in [0.4, 0.5) is 0 Å². The van der Waals surface area contributed by atoms with Crippen molar-refractivity contribution in [2.45, 2.75) is 58.3 Å². The van der Waals surface area contributed by atoms with Crippen LogP contribution in [0.1, 0.15) is 58.3 Å². The lowest BCUT2D eigenvalue weighted by Crippen LogP contribution is -1.92. The molecule has 11 heavy (non-hydrogen) atoms. The monoisotopic (exact) mass is 153 g/mol. The van der Waals surface area contributed by atoms with Crippen LogP contribution in [0, 0.1) is 12.3 Å². The third kappa shape index (κ3) is 3.79. The number of hydrogen-bond acceptors (Lipinski definition) is 0. The molecular formula is C11H21. The van der Waals surface area contributed by atoms with Gasteiger partial charge in [0.1, 0.15) is 0 Å². The molecule has 0 spiro atoms. The van der Waals surface area contributed by atoms with Crippen LogP contribution in [0.2, 0.25) is 0 Å². The van der Waals surface area contributed by atoms with E-state index in [-0.39, 0.29) is 0 Å². The molecule has 1 aliphatic rings. The molecule has 0 heterocycles. The highest BCUT2D eigenvalue weighted by molar-refractivity contribution is 4.67. The van der Waals surface area contributed by atoms with Gasteiger partial charge in [0.15, 0.2) is 0 Å². The third-order valence-corrected chi connectivity index (χ3v) is 2.83. The van der Waals surface area contributed by atoms with E-state index in [0.29, 0.717) is 0 Å². The minimum atomic E-state index is 1.10. The zero-order valence-corrected chi connectivity index (χ0v) is 7.81. The Morgan fingerprint density at radius 2 is 1.91 bits per heavy atom. The first kappa shape index (κ1) is 9.09. The molecule has 0 aromatic carbocycles. The first-order valence-corrected chi connectivity index (χ1v) is 5.21. The van der Waals surface area contributed by atoms with Gasteiger partial charge < -0.3 is 0 Å². The van der Waals surface area contributed by atoms with Gasteiger partial charge in [-0.05, 0) is 12.3 Å². The largest absolute Gasteiger partial charge is 0.0623 e. The molecule has 0 amide bonds. The molecule has 1 aliphatic carbocycles. The molecule has 0 N–H and O–H groups in total. The summed E-state index contributed by atoms with van der Waals surface area (Å²) in [5.41, 5.74) is 0. The van der Waals surface area contributed by atoms with Crippen LogP contribution in [0.25, 0.3) is 0 Å². The second-order valence-corrected chi connectivity index (χ2v) is 3.84. The molecule has 1 radical (unpaired) electrons. The highest BCUT2D eigenvalue weighted by atomic mass is 14.2. The summed E-state index contributed by atoms with van der Waals surface area (Å²) in [4.78, 5) is 0. The van der Waals surface area contributed by atoms with Gasteiger partial charge in [0.05, 0.1) is 0 Å². The first-order valence-electron chi connectivity index (χ1n) is 5.21. The lowest BCUT2D eigenvalue weighted by molar-refractivity contribution is 0.473. The average molecular weight is 153 g/mol. The van der Waals surface area contributed by atoms with E-state index in [1.165, 1.54) is 51.4 Å². The summed E-state index contributed by atoms with van der Waals surface area (Å²) in [6, 6.07) is 0. The average Bonchev–Trinajstić information content (AvgIpc) is 2.50. The lowest BCUT2D eigenvalue weighted by atomic mass is 10.00. The predicted molar refractivity (Wildman–Crippen MR) is 50.4 cm³/mol. The molecule has 0 atom stereocenters. The summed E-state index contributed by atoms with van der Waals surface area (Å²) >= 11 is 0. The van der Waals surface area contributed by atoms with Gasteiger partial charge in [0.2, 0.25) is 0 Å². The van der Waals surface area contributed by atoms with Crippen molar-refractivity contribution >= 4 is 0 Å². The van der Waals surface area contributed by atoms with E-state index in [9.17, 15) is 0 Å². The molecular weight excluding hydrogens is 132 g/mol. The number of rotatable bonds is 5. The van der Waals surface area contributed by atoms with Gasteiger partial charge >= 0.3 is 0 Å². The zero-order chi connectivity index (χ0) is 7.94. The van der Waals surface area contributed by atoms with Crippen LogP contribution in [-0.4, -0.2) is 0 Å². The van der Waals surface area contributed by atoms with E-state index in [1.807, 2.05) is 0 Å². The van der Waals surface area contributed by atoms with E-state index in [4.69, 9.17) is 0 Å². The van der Waals surface area contributed by atoms with Crippen LogP contribution in [0.3, 0.4) is 0 Å². The van der Waals surface area contributed by atoms with Gasteiger partial charge in [-0.2, -0.15) is 0 Å². The molecule has 1 fully saturated rings. The van der Waals surface area contributed by atoms with E-state index in [2.05, 4.69) is 13.3 Å².